The topological polar surface area (TPSA) is 29.5 Å². The van der Waals surface area contributed by atoms with Gasteiger partial charge in [-0.15, -0.1) is 0 Å². The van der Waals surface area contributed by atoms with Crippen LogP contribution in [0.25, 0.3) is 0 Å². The fourth-order valence-electron chi connectivity index (χ4n) is 2.67. The average Bonchev–Trinajstić information content (AvgIpc) is 2.84. The summed E-state index contributed by atoms with van der Waals surface area (Å²) in [7, 11) is 0. The Balaban J connectivity index is 1.75. The summed E-state index contributed by atoms with van der Waals surface area (Å²) in [6.45, 7) is 8.65. The Morgan fingerprint density at radius 3 is 2.65 bits per heavy atom. The Bertz CT molecular complexity index is 436. The van der Waals surface area contributed by atoms with Gasteiger partial charge in [0.05, 0.1) is 6.42 Å². The van der Waals surface area contributed by atoms with Crippen LogP contribution in [-0.4, -0.2) is 36.1 Å². The molecule has 20 heavy (non-hydrogen) atoms. The maximum atomic E-state index is 11.7. The van der Waals surface area contributed by atoms with E-state index < -0.39 is 0 Å². The van der Waals surface area contributed by atoms with E-state index in [2.05, 4.69) is 35.2 Å². The van der Waals surface area contributed by atoms with Crippen LogP contribution >= 0.6 is 0 Å². The van der Waals surface area contributed by atoms with E-state index in [0.717, 1.165) is 19.6 Å². The van der Waals surface area contributed by atoms with Crippen LogP contribution in [0.2, 0.25) is 0 Å². The molecule has 1 aliphatic rings. The van der Waals surface area contributed by atoms with Crippen molar-refractivity contribution >= 4 is 5.97 Å². The summed E-state index contributed by atoms with van der Waals surface area (Å²) >= 11 is 0. The lowest BCUT2D eigenvalue weighted by Gasteiger charge is -2.21. The quantitative estimate of drug-likeness (QED) is 0.790. The average molecular weight is 275 g/mol. The van der Waals surface area contributed by atoms with Gasteiger partial charge in [0, 0.05) is 13.1 Å². The minimum absolute atomic E-state index is 0.0966. The van der Waals surface area contributed by atoms with Crippen molar-refractivity contribution < 1.29 is 9.53 Å². The van der Waals surface area contributed by atoms with Crippen molar-refractivity contribution in [2.24, 2.45) is 0 Å². The molecule has 1 unspecified atom stereocenters. The fourth-order valence-corrected chi connectivity index (χ4v) is 2.67. The number of carbonyl (C=O) groups is 1. The molecule has 1 fully saturated rings. The first-order valence-corrected chi connectivity index (χ1v) is 7.43. The van der Waals surface area contributed by atoms with Crippen LogP contribution in [0, 0.1) is 0 Å². The predicted octanol–water partition coefficient (Wildman–Crippen LogP) is 3.21. The molecular weight excluding hydrogens is 250 g/mol. The molecule has 1 aliphatic heterocycles. The van der Waals surface area contributed by atoms with Crippen molar-refractivity contribution in [3.63, 3.8) is 0 Å². The first-order chi connectivity index (χ1) is 9.44. The number of carbonyl (C=O) groups excluding carboxylic acids is 1. The number of nitrogens with zero attached hydrogens (tertiary/aromatic N) is 1. The van der Waals surface area contributed by atoms with Crippen molar-refractivity contribution in [2.75, 3.05) is 19.6 Å². The van der Waals surface area contributed by atoms with Gasteiger partial charge >= 0.3 is 5.97 Å². The van der Waals surface area contributed by atoms with E-state index in [1.807, 2.05) is 20.8 Å². The van der Waals surface area contributed by atoms with Gasteiger partial charge in [0.15, 0.2) is 0 Å². The molecular formula is C17H25NO2. The number of rotatable bonds is 4. The normalized spacial score (nSPS) is 20.1. The molecule has 1 aromatic rings. The van der Waals surface area contributed by atoms with Crippen LogP contribution in [0.15, 0.2) is 30.3 Å². The van der Waals surface area contributed by atoms with Gasteiger partial charge in [-0.1, -0.05) is 30.3 Å². The molecule has 1 aromatic carbocycles. The van der Waals surface area contributed by atoms with Crippen LogP contribution in [0.3, 0.4) is 0 Å². The second-order valence-electron chi connectivity index (χ2n) is 6.53. The molecule has 1 saturated heterocycles. The molecule has 3 nitrogen and oxygen atoms in total. The highest BCUT2D eigenvalue weighted by Gasteiger charge is 2.24. The van der Waals surface area contributed by atoms with Crippen molar-refractivity contribution in [1.82, 2.24) is 4.90 Å². The number of esters is 1. The number of benzene rings is 1. The number of likely N-dealkylation sites (tertiary alicyclic amines) is 1. The van der Waals surface area contributed by atoms with E-state index in [1.165, 1.54) is 12.0 Å². The number of ether oxygens (including phenoxy) is 1. The van der Waals surface area contributed by atoms with Gasteiger partial charge in [-0.3, -0.25) is 4.79 Å². The first kappa shape index (κ1) is 15.0. The van der Waals surface area contributed by atoms with Crippen molar-refractivity contribution in [3.05, 3.63) is 35.9 Å². The maximum Gasteiger partial charge on any atom is 0.307 e. The fraction of sp³-hybridized carbons (Fsp3) is 0.588. The third-order valence-corrected chi connectivity index (χ3v) is 3.60. The van der Waals surface area contributed by atoms with Crippen molar-refractivity contribution in [3.8, 4) is 0 Å². The second kappa shape index (κ2) is 6.40. The van der Waals surface area contributed by atoms with Crippen LogP contribution in [0.5, 0.6) is 0 Å². The van der Waals surface area contributed by atoms with E-state index in [4.69, 9.17) is 4.74 Å². The predicted molar refractivity (Wildman–Crippen MR) is 80.7 cm³/mol. The minimum atomic E-state index is -0.380. The molecule has 110 valence electrons. The van der Waals surface area contributed by atoms with Gasteiger partial charge in [0.2, 0.25) is 0 Å². The molecule has 0 N–H and O–H groups in total. The standard InChI is InChI=1S/C17H25NO2/c1-17(2,3)20-16(19)10-12-18-11-9-15(13-18)14-7-5-4-6-8-14/h4-8,15H,9-13H2,1-3H3. The van der Waals surface area contributed by atoms with E-state index >= 15 is 0 Å². The van der Waals surface area contributed by atoms with Gasteiger partial charge in [-0.2, -0.15) is 0 Å². The highest BCUT2D eigenvalue weighted by atomic mass is 16.6. The molecule has 0 bridgehead atoms. The SMILES string of the molecule is CC(C)(C)OC(=O)CCN1CCC(c2ccccc2)C1. The number of hydrogen-bond donors (Lipinski definition) is 0. The molecule has 0 amide bonds. The summed E-state index contributed by atoms with van der Waals surface area (Å²) in [5.74, 6) is 0.510. The molecule has 3 heteroatoms. The third-order valence-electron chi connectivity index (χ3n) is 3.60. The van der Waals surface area contributed by atoms with Crippen LogP contribution in [0.4, 0.5) is 0 Å². The largest absolute Gasteiger partial charge is 0.460 e. The summed E-state index contributed by atoms with van der Waals surface area (Å²) in [6.07, 6.45) is 1.66. The molecule has 0 saturated carbocycles. The summed E-state index contributed by atoms with van der Waals surface area (Å²) in [5, 5.41) is 0. The first-order valence-electron chi connectivity index (χ1n) is 7.43. The van der Waals surface area contributed by atoms with Crippen LogP contribution < -0.4 is 0 Å². The zero-order chi connectivity index (χ0) is 14.6. The smallest absolute Gasteiger partial charge is 0.307 e. The maximum absolute atomic E-state index is 11.7. The molecule has 0 radical (unpaired) electrons. The lowest BCUT2D eigenvalue weighted by atomic mass is 9.99. The Morgan fingerprint density at radius 1 is 1.30 bits per heavy atom. The lowest BCUT2D eigenvalue weighted by Crippen LogP contribution is -2.28. The zero-order valence-electron chi connectivity index (χ0n) is 12.8. The Morgan fingerprint density at radius 2 is 2.00 bits per heavy atom. The van der Waals surface area contributed by atoms with Gasteiger partial charge in [-0.25, -0.2) is 0 Å². The van der Waals surface area contributed by atoms with Crippen molar-refractivity contribution in [1.29, 1.82) is 0 Å². The third kappa shape index (κ3) is 4.64. The highest BCUT2D eigenvalue weighted by molar-refractivity contribution is 5.70. The Kier molecular flexibility index (Phi) is 4.81. The molecule has 0 aromatic heterocycles. The highest BCUT2D eigenvalue weighted by Crippen LogP contribution is 2.26. The lowest BCUT2D eigenvalue weighted by molar-refractivity contribution is -0.155. The van der Waals surface area contributed by atoms with Crippen molar-refractivity contribution in [2.45, 2.75) is 45.1 Å². The summed E-state index contributed by atoms with van der Waals surface area (Å²) in [5.41, 5.74) is 1.03. The summed E-state index contributed by atoms with van der Waals surface area (Å²) in [6, 6.07) is 10.6. The van der Waals surface area contributed by atoms with Gasteiger partial charge in [0.1, 0.15) is 5.60 Å². The summed E-state index contributed by atoms with van der Waals surface area (Å²) in [4.78, 5) is 14.1. The van der Waals surface area contributed by atoms with E-state index in [0.29, 0.717) is 12.3 Å². The van der Waals surface area contributed by atoms with Gasteiger partial charge in [0.25, 0.3) is 0 Å². The zero-order valence-corrected chi connectivity index (χ0v) is 12.8. The second-order valence-corrected chi connectivity index (χ2v) is 6.53. The minimum Gasteiger partial charge on any atom is -0.460 e. The molecule has 1 atom stereocenters. The molecule has 2 rings (SSSR count). The number of hydrogen-bond acceptors (Lipinski definition) is 3. The monoisotopic (exact) mass is 275 g/mol. The molecule has 0 aliphatic carbocycles. The molecule has 0 spiro atoms. The van der Waals surface area contributed by atoms with Gasteiger partial charge in [-0.05, 0) is 45.2 Å². The van der Waals surface area contributed by atoms with E-state index in [9.17, 15) is 4.79 Å². The Hall–Kier alpha value is -1.35. The Labute approximate surface area is 121 Å². The molecule has 1 heterocycles. The van der Waals surface area contributed by atoms with Crippen LogP contribution in [-0.2, 0) is 9.53 Å². The van der Waals surface area contributed by atoms with Crippen LogP contribution in [0.1, 0.15) is 45.1 Å². The summed E-state index contributed by atoms with van der Waals surface area (Å²) < 4.78 is 5.34. The van der Waals surface area contributed by atoms with E-state index in [-0.39, 0.29) is 11.6 Å². The van der Waals surface area contributed by atoms with E-state index in [1.54, 1.807) is 0 Å². The van der Waals surface area contributed by atoms with Gasteiger partial charge < -0.3 is 9.64 Å².